The van der Waals surface area contributed by atoms with Gasteiger partial charge >= 0.3 is 0 Å². The van der Waals surface area contributed by atoms with Crippen molar-refractivity contribution < 1.29 is 0 Å². The van der Waals surface area contributed by atoms with Crippen LogP contribution in [0.15, 0.2) is 108 Å². The van der Waals surface area contributed by atoms with Crippen LogP contribution in [0.4, 0.5) is 0 Å². The molecule has 6 heteroatoms. The molecule has 0 amide bonds. The van der Waals surface area contributed by atoms with E-state index in [9.17, 15) is 0 Å². The maximum Gasteiger partial charge on any atom is 0.0751 e. The molecule has 0 aliphatic heterocycles. The van der Waals surface area contributed by atoms with Gasteiger partial charge in [-0.3, -0.25) is 0 Å². The number of aryl methyl sites for hydroxylation is 6. The second kappa shape index (κ2) is 13.7. The average Bonchev–Trinajstić information content (AvgIpc) is 4.23. The zero-order valence-corrected chi connectivity index (χ0v) is 44.5. The molecule has 16 rings (SSSR count). The van der Waals surface area contributed by atoms with Crippen molar-refractivity contribution in [3.63, 3.8) is 0 Å². The van der Waals surface area contributed by atoms with Gasteiger partial charge in [0, 0.05) is 48.8 Å². The molecule has 336 valence electrons. The van der Waals surface area contributed by atoms with Gasteiger partial charge in [-0.2, -0.15) is 0 Å². The van der Waals surface area contributed by atoms with E-state index >= 15 is 0 Å². The van der Waals surface area contributed by atoms with Crippen LogP contribution in [0.1, 0.15) is 139 Å². The SMILES string of the molecule is CCc1ccc2c(c1)C1(c3ccsc3-c3sccc31)c1c3c(c4c(c1-2)C1(c2cc(CC)sc2-c2sc(CC)cc21)c1c(CC)cccc1-4)C1(c2ccccc2-3)c2cc(CC)sc2-c2sc(CC)cc21. The maximum atomic E-state index is 2.69. The second-order valence-electron chi connectivity index (χ2n) is 20.0. The van der Waals surface area contributed by atoms with Crippen LogP contribution in [-0.4, -0.2) is 0 Å². The Kier molecular flexibility index (Phi) is 8.11. The molecule has 0 N–H and O–H groups in total. The van der Waals surface area contributed by atoms with Gasteiger partial charge in [-0.05, 0) is 197 Å². The molecule has 0 bridgehead atoms. The van der Waals surface area contributed by atoms with Gasteiger partial charge in [-0.1, -0.05) is 102 Å². The Labute approximate surface area is 428 Å². The summed E-state index contributed by atoms with van der Waals surface area (Å²) in [7, 11) is 0. The van der Waals surface area contributed by atoms with Gasteiger partial charge in [0.15, 0.2) is 0 Å². The molecule has 0 atom stereocenters. The number of thiophene rings is 6. The summed E-state index contributed by atoms with van der Waals surface area (Å²) in [4.78, 5) is 14.9. The van der Waals surface area contributed by atoms with E-state index in [0.717, 1.165) is 38.5 Å². The molecule has 6 aromatic heterocycles. The first-order valence-electron chi connectivity index (χ1n) is 25.2. The Morgan fingerprint density at radius 2 is 0.797 bits per heavy atom. The normalized spacial score (nSPS) is 16.1. The Balaban J connectivity index is 1.23. The van der Waals surface area contributed by atoms with Gasteiger partial charge in [-0.25, -0.2) is 0 Å². The van der Waals surface area contributed by atoms with E-state index in [1.165, 1.54) is 138 Å². The van der Waals surface area contributed by atoms with E-state index in [2.05, 4.69) is 195 Å². The van der Waals surface area contributed by atoms with E-state index in [1.54, 1.807) is 22.3 Å². The molecule has 69 heavy (non-hydrogen) atoms. The third-order valence-corrected chi connectivity index (χ3v) is 24.9. The predicted octanol–water partition coefficient (Wildman–Crippen LogP) is 18.5. The van der Waals surface area contributed by atoms with Gasteiger partial charge in [0.2, 0.25) is 0 Å². The highest BCUT2D eigenvalue weighted by Crippen LogP contribution is 2.78. The quantitative estimate of drug-likeness (QED) is 0.156. The monoisotopic (exact) mass is 996 g/mol. The molecule has 0 nitrogen and oxygen atoms in total. The molecule has 0 saturated heterocycles. The minimum absolute atomic E-state index is 0.477. The lowest BCUT2D eigenvalue weighted by molar-refractivity contribution is 0.761. The highest BCUT2D eigenvalue weighted by atomic mass is 32.1. The molecule has 0 saturated carbocycles. The molecule has 6 aliphatic rings. The summed E-state index contributed by atoms with van der Waals surface area (Å²) in [6, 6.07) is 40.8. The van der Waals surface area contributed by atoms with Gasteiger partial charge in [0.1, 0.15) is 0 Å². The van der Waals surface area contributed by atoms with Crippen molar-refractivity contribution >= 4 is 68.0 Å². The number of fused-ring (bicyclic) bond motifs is 33. The lowest BCUT2D eigenvalue weighted by Gasteiger charge is -2.37. The van der Waals surface area contributed by atoms with Gasteiger partial charge < -0.3 is 0 Å². The van der Waals surface area contributed by atoms with Crippen molar-refractivity contribution in [2.24, 2.45) is 0 Å². The molecule has 10 aromatic rings. The van der Waals surface area contributed by atoms with E-state index in [4.69, 9.17) is 0 Å². The fourth-order valence-corrected chi connectivity index (χ4v) is 21.9. The lowest BCUT2D eigenvalue weighted by Crippen LogP contribution is -2.31. The van der Waals surface area contributed by atoms with Crippen LogP contribution in [0.5, 0.6) is 0 Å². The van der Waals surface area contributed by atoms with Crippen LogP contribution in [0, 0.1) is 0 Å². The van der Waals surface area contributed by atoms with E-state index in [-0.39, 0.29) is 0 Å². The predicted molar refractivity (Wildman–Crippen MR) is 299 cm³/mol. The summed E-state index contributed by atoms with van der Waals surface area (Å²) in [5.74, 6) is 0. The summed E-state index contributed by atoms with van der Waals surface area (Å²) in [5.41, 5.74) is 28.6. The highest BCUT2D eigenvalue weighted by molar-refractivity contribution is 7.23. The van der Waals surface area contributed by atoms with Crippen molar-refractivity contribution in [2.45, 2.75) is 96.3 Å². The van der Waals surface area contributed by atoms with Crippen LogP contribution in [-0.2, 0) is 54.8 Å². The number of hydrogen-bond acceptors (Lipinski definition) is 6. The van der Waals surface area contributed by atoms with Crippen LogP contribution < -0.4 is 0 Å². The number of hydrogen-bond donors (Lipinski definition) is 0. The van der Waals surface area contributed by atoms with Crippen molar-refractivity contribution in [3.8, 4) is 62.6 Å². The van der Waals surface area contributed by atoms with Gasteiger partial charge in [0.25, 0.3) is 0 Å². The average molecular weight is 997 g/mol. The Morgan fingerprint density at radius 1 is 0.333 bits per heavy atom. The standard InChI is InChI=1S/C63H48S6/c1-7-31-20-21-38-43(26-31)62(41-22-24-64-55(41)56-42(62)23-25-65-56)52-48-37-17-13-14-19-40(37)61(44-27-33(9-3)66-57(44)58-45(61)28-34(10-4)67-58)53(48)50-39-18-15-16-32(8-2)51(39)63(54(50)49(38)52)46-29-35(11-5)68-59(46)60-47(63)30-36(12-6)69-60/h13-30H,7-12H2,1-6H3. The second-order valence-corrected chi connectivity index (χ2v) is 26.4. The lowest BCUT2D eigenvalue weighted by atomic mass is 9.63. The highest BCUT2D eigenvalue weighted by Gasteiger charge is 2.66. The molecule has 3 spiro atoms. The molecular formula is C63H48S6. The van der Waals surface area contributed by atoms with Gasteiger partial charge in [0.05, 0.1) is 16.2 Å². The fraction of sp³-hybridized carbons (Fsp3) is 0.238. The molecule has 6 heterocycles. The summed E-state index contributed by atoms with van der Waals surface area (Å²) in [5, 5.41) is 4.81. The third kappa shape index (κ3) is 4.33. The molecule has 0 radical (unpaired) electrons. The summed E-state index contributed by atoms with van der Waals surface area (Å²) >= 11 is 12.2. The van der Waals surface area contributed by atoms with Crippen molar-refractivity contribution in [1.82, 2.24) is 0 Å². The largest absolute Gasteiger partial charge is 0.143 e. The zero-order valence-electron chi connectivity index (χ0n) is 39.6. The summed E-state index contributed by atoms with van der Waals surface area (Å²) < 4.78 is 0. The first-order valence-corrected chi connectivity index (χ1v) is 30.3. The minimum atomic E-state index is -0.485. The fourth-order valence-electron chi connectivity index (χ4n) is 14.9. The van der Waals surface area contributed by atoms with Crippen LogP contribution >= 0.6 is 68.0 Å². The van der Waals surface area contributed by atoms with Crippen LogP contribution in [0.2, 0.25) is 0 Å². The Bertz CT molecular complexity index is 3810. The van der Waals surface area contributed by atoms with E-state index in [0.29, 0.717) is 0 Å². The van der Waals surface area contributed by atoms with E-state index < -0.39 is 16.2 Å². The minimum Gasteiger partial charge on any atom is -0.143 e. The van der Waals surface area contributed by atoms with Crippen molar-refractivity contribution in [3.05, 3.63) is 205 Å². The van der Waals surface area contributed by atoms with Crippen LogP contribution in [0.3, 0.4) is 0 Å². The molecule has 0 fully saturated rings. The number of rotatable bonds is 6. The first-order chi connectivity index (χ1) is 33.9. The molecule has 6 aliphatic carbocycles. The molecular weight excluding hydrogens is 949 g/mol. The molecule has 0 unspecified atom stereocenters. The molecule has 4 aromatic carbocycles. The number of benzene rings is 4. The summed E-state index contributed by atoms with van der Waals surface area (Å²) in [6.07, 6.45) is 6.15. The van der Waals surface area contributed by atoms with Crippen molar-refractivity contribution in [1.29, 1.82) is 0 Å². The smallest absolute Gasteiger partial charge is 0.0751 e. The first kappa shape index (κ1) is 40.8. The van der Waals surface area contributed by atoms with Crippen LogP contribution in [0.25, 0.3) is 62.6 Å². The maximum absolute atomic E-state index is 2.69. The van der Waals surface area contributed by atoms with Gasteiger partial charge in [-0.15, -0.1) is 68.0 Å². The van der Waals surface area contributed by atoms with Crippen molar-refractivity contribution in [2.75, 3.05) is 0 Å². The summed E-state index contributed by atoms with van der Waals surface area (Å²) in [6.45, 7) is 14.2. The zero-order chi connectivity index (χ0) is 46.0. The topological polar surface area (TPSA) is 0 Å². The Morgan fingerprint density at radius 3 is 1.32 bits per heavy atom. The Hall–Kier alpha value is -4.92. The third-order valence-electron chi connectivity index (χ3n) is 17.5. The van der Waals surface area contributed by atoms with E-state index in [1.807, 2.05) is 22.7 Å².